The molecule has 1 N–H and O–H groups in total. The van der Waals surface area contributed by atoms with Gasteiger partial charge in [-0.3, -0.25) is 4.79 Å². The molecular formula is C17H18FNOS2. The largest absolute Gasteiger partial charge is 0.355 e. The predicted molar refractivity (Wildman–Crippen MR) is 91.9 cm³/mol. The summed E-state index contributed by atoms with van der Waals surface area (Å²) in [5.41, 5.74) is 0. The molecule has 0 unspecified atom stereocenters. The van der Waals surface area contributed by atoms with Crippen LogP contribution in [-0.2, 0) is 4.79 Å². The van der Waals surface area contributed by atoms with Crippen LogP contribution in [0.15, 0.2) is 64.4 Å². The second-order valence-corrected chi connectivity index (χ2v) is 6.82. The van der Waals surface area contributed by atoms with Crippen LogP contribution in [0, 0.1) is 5.82 Å². The number of nitrogens with one attached hydrogen (secondary N) is 1. The van der Waals surface area contributed by atoms with Gasteiger partial charge in [-0.15, -0.1) is 23.5 Å². The van der Waals surface area contributed by atoms with E-state index in [1.807, 2.05) is 30.3 Å². The molecule has 116 valence electrons. The summed E-state index contributed by atoms with van der Waals surface area (Å²) < 4.78 is 12.8. The summed E-state index contributed by atoms with van der Waals surface area (Å²) in [6, 6.07) is 16.4. The van der Waals surface area contributed by atoms with Crippen LogP contribution in [0.2, 0.25) is 0 Å². The molecule has 22 heavy (non-hydrogen) atoms. The topological polar surface area (TPSA) is 29.1 Å². The van der Waals surface area contributed by atoms with Crippen LogP contribution in [0.5, 0.6) is 0 Å². The zero-order valence-corrected chi connectivity index (χ0v) is 13.8. The first-order chi connectivity index (χ1) is 10.7. The number of hydrogen-bond acceptors (Lipinski definition) is 3. The highest BCUT2D eigenvalue weighted by Crippen LogP contribution is 2.19. The maximum Gasteiger partial charge on any atom is 0.230 e. The van der Waals surface area contributed by atoms with E-state index in [0.29, 0.717) is 12.3 Å². The Bertz CT molecular complexity index is 575. The highest BCUT2D eigenvalue weighted by Gasteiger charge is 2.02. The molecular weight excluding hydrogens is 317 g/mol. The number of halogens is 1. The van der Waals surface area contributed by atoms with Gasteiger partial charge in [0.15, 0.2) is 0 Å². The number of carbonyl (C=O) groups excluding carboxylic acids is 1. The van der Waals surface area contributed by atoms with E-state index >= 15 is 0 Å². The maximum absolute atomic E-state index is 12.8. The molecule has 0 aromatic heterocycles. The molecule has 0 spiro atoms. The van der Waals surface area contributed by atoms with E-state index in [4.69, 9.17) is 0 Å². The second kappa shape index (κ2) is 9.54. The van der Waals surface area contributed by atoms with Gasteiger partial charge in [-0.25, -0.2) is 4.39 Å². The van der Waals surface area contributed by atoms with Crippen molar-refractivity contribution in [2.24, 2.45) is 0 Å². The zero-order chi connectivity index (χ0) is 15.6. The lowest BCUT2D eigenvalue weighted by Crippen LogP contribution is -2.26. The van der Waals surface area contributed by atoms with Crippen molar-refractivity contribution in [3.63, 3.8) is 0 Å². The molecule has 0 heterocycles. The molecule has 0 bridgehead atoms. The first-order valence-corrected chi connectivity index (χ1v) is 9.04. The normalized spacial score (nSPS) is 10.4. The number of hydrogen-bond donors (Lipinski definition) is 1. The number of rotatable bonds is 8. The van der Waals surface area contributed by atoms with E-state index in [1.165, 1.54) is 23.9 Å². The Labute approximate surface area is 138 Å². The van der Waals surface area contributed by atoms with Crippen LogP contribution in [0.4, 0.5) is 4.39 Å². The lowest BCUT2D eigenvalue weighted by Gasteiger charge is -2.05. The van der Waals surface area contributed by atoms with Crippen LogP contribution < -0.4 is 5.32 Å². The third kappa shape index (κ3) is 6.54. The van der Waals surface area contributed by atoms with E-state index in [2.05, 4.69) is 5.32 Å². The Morgan fingerprint density at radius 1 is 0.955 bits per heavy atom. The van der Waals surface area contributed by atoms with Gasteiger partial charge >= 0.3 is 0 Å². The molecule has 0 aliphatic carbocycles. The van der Waals surface area contributed by atoms with Crippen molar-refractivity contribution in [2.45, 2.75) is 16.2 Å². The molecule has 2 aromatic rings. The number of benzene rings is 2. The average Bonchev–Trinajstić information content (AvgIpc) is 2.55. The molecule has 0 aliphatic rings. The third-order valence-corrected chi connectivity index (χ3v) is 4.95. The van der Waals surface area contributed by atoms with Crippen molar-refractivity contribution < 1.29 is 9.18 Å². The highest BCUT2D eigenvalue weighted by molar-refractivity contribution is 8.00. The average molecular weight is 335 g/mol. The second-order valence-electron chi connectivity index (χ2n) is 4.61. The van der Waals surface area contributed by atoms with E-state index in [-0.39, 0.29) is 11.7 Å². The fourth-order valence-corrected chi connectivity index (χ4v) is 3.34. The zero-order valence-electron chi connectivity index (χ0n) is 12.1. The van der Waals surface area contributed by atoms with Crippen LogP contribution in [-0.4, -0.2) is 24.0 Å². The molecule has 0 saturated carbocycles. The monoisotopic (exact) mass is 335 g/mol. The van der Waals surface area contributed by atoms with Crippen molar-refractivity contribution in [3.05, 3.63) is 60.4 Å². The molecule has 5 heteroatoms. The Morgan fingerprint density at radius 2 is 1.64 bits per heavy atom. The summed E-state index contributed by atoms with van der Waals surface area (Å²) >= 11 is 3.21. The standard InChI is InChI=1S/C17H18FNOS2/c18-14-7-9-16(10-8-14)21-12-4-11-19-17(20)13-22-15-5-2-1-3-6-15/h1-3,5-10H,4,11-13H2,(H,19,20). The quantitative estimate of drug-likeness (QED) is 0.578. The highest BCUT2D eigenvalue weighted by atomic mass is 32.2. The van der Waals surface area contributed by atoms with Gasteiger partial charge in [-0.2, -0.15) is 0 Å². The first-order valence-electron chi connectivity index (χ1n) is 7.07. The number of carbonyl (C=O) groups is 1. The summed E-state index contributed by atoms with van der Waals surface area (Å²) in [6.45, 7) is 0.669. The smallest absolute Gasteiger partial charge is 0.230 e. The van der Waals surface area contributed by atoms with Gasteiger partial charge in [0, 0.05) is 16.3 Å². The minimum atomic E-state index is -0.215. The van der Waals surface area contributed by atoms with E-state index < -0.39 is 0 Å². The molecule has 0 atom stereocenters. The first kappa shape index (κ1) is 16.9. The van der Waals surface area contributed by atoms with Gasteiger partial charge in [-0.05, 0) is 48.6 Å². The summed E-state index contributed by atoms with van der Waals surface area (Å²) in [6.07, 6.45) is 0.893. The molecule has 0 fully saturated rings. The Kier molecular flexibility index (Phi) is 7.33. The predicted octanol–water partition coefficient (Wildman–Crippen LogP) is 4.22. The molecule has 2 nitrogen and oxygen atoms in total. The third-order valence-electron chi connectivity index (χ3n) is 2.84. The lowest BCUT2D eigenvalue weighted by molar-refractivity contribution is -0.118. The minimum Gasteiger partial charge on any atom is -0.355 e. The Hall–Kier alpha value is -1.46. The van der Waals surface area contributed by atoms with Gasteiger partial charge < -0.3 is 5.32 Å². The van der Waals surface area contributed by atoms with Crippen molar-refractivity contribution >= 4 is 29.4 Å². The van der Waals surface area contributed by atoms with E-state index in [1.54, 1.807) is 23.9 Å². The van der Waals surface area contributed by atoms with E-state index in [9.17, 15) is 9.18 Å². The summed E-state index contributed by atoms with van der Waals surface area (Å²) in [5, 5.41) is 2.92. The molecule has 0 aliphatic heterocycles. The maximum atomic E-state index is 12.8. The Morgan fingerprint density at radius 3 is 2.36 bits per heavy atom. The van der Waals surface area contributed by atoms with Crippen LogP contribution in [0.1, 0.15) is 6.42 Å². The van der Waals surface area contributed by atoms with Gasteiger partial charge in [0.05, 0.1) is 5.75 Å². The molecule has 0 radical (unpaired) electrons. The van der Waals surface area contributed by atoms with E-state index in [0.717, 1.165) is 22.0 Å². The fourth-order valence-electron chi connectivity index (χ4n) is 1.74. The van der Waals surface area contributed by atoms with Crippen molar-refractivity contribution in [2.75, 3.05) is 18.1 Å². The van der Waals surface area contributed by atoms with Crippen molar-refractivity contribution in [3.8, 4) is 0 Å². The number of amides is 1. The van der Waals surface area contributed by atoms with Gasteiger partial charge in [0.25, 0.3) is 0 Å². The molecule has 1 amide bonds. The summed E-state index contributed by atoms with van der Waals surface area (Å²) in [7, 11) is 0. The fraction of sp³-hybridized carbons (Fsp3) is 0.235. The van der Waals surface area contributed by atoms with Gasteiger partial charge in [0.1, 0.15) is 5.82 Å². The molecule has 2 rings (SSSR count). The minimum absolute atomic E-state index is 0.0561. The van der Waals surface area contributed by atoms with Crippen molar-refractivity contribution in [1.29, 1.82) is 0 Å². The van der Waals surface area contributed by atoms with Crippen LogP contribution in [0.3, 0.4) is 0 Å². The SMILES string of the molecule is O=C(CSc1ccccc1)NCCCSc1ccc(F)cc1. The van der Waals surface area contributed by atoms with Gasteiger partial charge in [0.2, 0.25) is 5.91 Å². The van der Waals surface area contributed by atoms with Crippen LogP contribution >= 0.6 is 23.5 Å². The molecule has 0 saturated heterocycles. The van der Waals surface area contributed by atoms with Gasteiger partial charge in [-0.1, -0.05) is 18.2 Å². The summed E-state index contributed by atoms with van der Waals surface area (Å²) in [5.74, 6) is 1.18. The van der Waals surface area contributed by atoms with Crippen molar-refractivity contribution in [1.82, 2.24) is 5.32 Å². The Balaban J connectivity index is 1.54. The number of thioether (sulfide) groups is 2. The summed E-state index contributed by atoms with van der Waals surface area (Å²) in [4.78, 5) is 13.9. The molecule has 2 aromatic carbocycles. The van der Waals surface area contributed by atoms with Crippen LogP contribution in [0.25, 0.3) is 0 Å². The lowest BCUT2D eigenvalue weighted by atomic mass is 10.4.